The summed E-state index contributed by atoms with van der Waals surface area (Å²) >= 11 is 0. The molecule has 5 heteroatoms. The Kier molecular flexibility index (Phi) is 6.56. The summed E-state index contributed by atoms with van der Waals surface area (Å²) in [6.07, 6.45) is 3.23. The van der Waals surface area contributed by atoms with Crippen LogP contribution < -0.4 is 10.6 Å². The summed E-state index contributed by atoms with van der Waals surface area (Å²) < 4.78 is 0. The third-order valence-corrected chi connectivity index (χ3v) is 2.88. The zero-order chi connectivity index (χ0) is 15.0. The van der Waals surface area contributed by atoms with Gasteiger partial charge in [0.1, 0.15) is 0 Å². The molecule has 0 radical (unpaired) electrons. The first kappa shape index (κ1) is 16.0. The minimum Gasteiger partial charge on any atom is -0.478 e. The number of carbonyl (C=O) groups is 2. The molecule has 0 aromatic heterocycles. The van der Waals surface area contributed by atoms with Gasteiger partial charge in [0.2, 0.25) is 0 Å². The predicted molar refractivity (Wildman–Crippen MR) is 79.1 cm³/mol. The Morgan fingerprint density at radius 2 is 1.80 bits per heavy atom. The normalized spacial score (nSPS) is 10.3. The van der Waals surface area contributed by atoms with Gasteiger partial charge in [0.05, 0.1) is 5.56 Å². The van der Waals surface area contributed by atoms with Gasteiger partial charge >= 0.3 is 12.0 Å². The molecule has 1 aromatic carbocycles. The molecule has 0 saturated heterocycles. The van der Waals surface area contributed by atoms with Crippen molar-refractivity contribution in [3.8, 4) is 0 Å². The molecule has 0 spiro atoms. The maximum Gasteiger partial charge on any atom is 0.335 e. The van der Waals surface area contributed by atoms with Gasteiger partial charge in [0, 0.05) is 12.2 Å². The predicted octanol–water partition coefficient (Wildman–Crippen LogP) is 3.33. The van der Waals surface area contributed by atoms with Crippen LogP contribution in [0.5, 0.6) is 0 Å². The van der Waals surface area contributed by atoms with Gasteiger partial charge in [-0.25, -0.2) is 9.59 Å². The van der Waals surface area contributed by atoms with Crippen LogP contribution in [0.25, 0.3) is 0 Å². The summed E-state index contributed by atoms with van der Waals surface area (Å²) in [7, 11) is 0. The number of carbonyl (C=O) groups excluding carboxylic acids is 1. The Morgan fingerprint density at radius 1 is 1.15 bits per heavy atom. The van der Waals surface area contributed by atoms with Crippen LogP contribution in [0.4, 0.5) is 10.5 Å². The Morgan fingerprint density at radius 3 is 2.35 bits per heavy atom. The number of carboxylic acid groups (broad SMARTS) is 1. The molecule has 5 nitrogen and oxygen atoms in total. The summed E-state index contributed by atoms with van der Waals surface area (Å²) in [6.45, 7) is 5.01. The molecular weight excluding hydrogens is 256 g/mol. The molecule has 0 aliphatic rings. The number of urea groups is 1. The van der Waals surface area contributed by atoms with Gasteiger partial charge in [0.15, 0.2) is 0 Å². The van der Waals surface area contributed by atoms with E-state index in [1.807, 2.05) is 0 Å². The third kappa shape index (κ3) is 6.22. The van der Waals surface area contributed by atoms with Crippen molar-refractivity contribution in [2.75, 3.05) is 11.9 Å². The first-order valence-corrected chi connectivity index (χ1v) is 6.87. The van der Waals surface area contributed by atoms with Crippen molar-refractivity contribution >= 4 is 17.7 Å². The number of benzene rings is 1. The highest BCUT2D eigenvalue weighted by Crippen LogP contribution is 2.09. The average Bonchev–Trinajstić information content (AvgIpc) is 2.38. The number of nitrogens with one attached hydrogen (secondary N) is 2. The lowest BCUT2D eigenvalue weighted by molar-refractivity contribution is 0.0697. The lowest BCUT2D eigenvalue weighted by atomic mass is 10.1. The van der Waals surface area contributed by atoms with E-state index in [1.54, 1.807) is 12.1 Å². The van der Waals surface area contributed by atoms with Gasteiger partial charge in [-0.05, 0) is 36.6 Å². The van der Waals surface area contributed by atoms with E-state index in [0.717, 1.165) is 12.8 Å². The van der Waals surface area contributed by atoms with E-state index in [0.29, 0.717) is 18.2 Å². The number of hydrogen-bond donors (Lipinski definition) is 3. The quantitative estimate of drug-likeness (QED) is 0.669. The second kappa shape index (κ2) is 8.19. The number of rotatable bonds is 7. The molecule has 110 valence electrons. The number of aromatic carboxylic acids is 1. The molecule has 0 atom stereocenters. The summed E-state index contributed by atoms with van der Waals surface area (Å²) in [5, 5.41) is 14.2. The molecular formula is C15H22N2O3. The van der Waals surface area contributed by atoms with E-state index < -0.39 is 5.97 Å². The van der Waals surface area contributed by atoms with E-state index in [2.05, 4.69) is 24.5 Å². The Hall–Kier alpha value is -2.04. The molecule has 1 aromatic rings. The summed E-state index contributed by atoms with van der Waals surface area (Å²) in [4.78, 5) is 22.3. The third-order valence-electron chi connectivity index (χ3n) is 2.88. The van der Waals surface area contributed by atoms with E-state index in [4.69, 9.17) is 5.11 Å². The summed E-state index contributed by atoms with van der Waals surface area (Å²) in [5.74, 6) is -0.289. The van der Waals surface area contributed by atoms with Crippen molar-refractivity contribution in [2.24, 2.45) is 5.92 Å². The lowest BCUT2D eigenvalue weighted by Gasteiger charge is -2.08. The molecule has 0 aliphatic carbocycles. The van der Waals surface area contributed by atoms with E-state index in [9.17, 15) is 9.59 Å². The number of unbranched alkanes of at least 4 members (excludes halogenated alkanes) is 1. The molecule has 0 bridgehead atoms. The molecule has 0 heterocycles. The highest BCUT2D eigenvalue weighted by molar-refractivity contribution is 5.91. The zero-order valence-corrected chi connectivity index (χ0v) is 12.0. The van der Waals surface area contributed by atoms with Gasteiger partial charge in [-0.15, -0.1) is 0 Å². The van der Waals surface area contributed by atoms with Crippen molar-refractivity contribution in [3.05, 3.63) is 29.8 Å². The van der Waals surface area contributed by atoms with E-state index in [1.165, 1.54) is 18.6 Å². The fourth-order valence-electron chi connectivity index (χ4n) is 1.75. The molecule has 0 aliphatic heterocycles. The summed E-state index contributed by atoms with van der Waals surface area (Å²) in [6, 6.07) is 5.79. The van der Waals surface area contributed by atoms with Crippen molar-refractivity contribution in [1.82, 2.24) is 5.32 Å². The van der Waals surface area contributed by atoms with E-state index >= 15 is 0 Å². The highest BCUT2D eigenvalue weighted by Gasteiger charge is 2.04. The highest BCUT2D eigenvalue weighted by atomic mass is 16.4. The van der Waals surface area contributed by atoms with Crippen molar-refractivity contribution < 1.29 is 14.7 Å². The second-order valence-electron chi connectivity index (χ2n) is 5.15. The summed E-state index contributed by atoms with van der Waals surface area (Å²) in [5.41, 5.74) is 0.777. The van der Waals surface area contributed by atoms with Crippen molar-refractivity contribution in [1.29, 1.82) is 0 Å². The largest absolute Gasteiger partial charge is 0.478 e. The number of anilines is 1. The minimum absolute atomic E-state index is 0.199. The fraction of sp³-hybridized carbons (Fsp3) is 0.467. The Bertz CT molecular complexity index is 441. The number of carboxylic acids is 1. The molecule has 0 saturated carbocycles. The van der Waals surface area contributed by atoms with Crippen molar-refractivity contribution in [3.63, 3.8) is 0 Å². The van der Waals surface area contributed by atoms with Gasteiger partial charge < -0.3 is 15.7 Å². The number of hydrogen-bond acceptors (Lipinski definition) is 2. The Balaban J connectivity index is 2.26. The van der Waals surface area contributed by atoms with Crippen LogP contribution in [-0.2, 0) is 0 Å². The van der Waals surface area contributed by atoms with Crippen LogP contribution >= 0.6 is 0 Å². The number of amides is 2. The van der Waals surface area contributed by atoms with Crippen LogP contribution in [0.15, 0.2) is 24.3 Å². The van der Waals surface area contributed by atoms with E-state index in [-0.39, 0.29) is 11.6 Å². The molecule has 0 unspecified atom stereocenters. The van der Waals surface area contributed by atoms with Gasteiger partial charge in [-0.3, -0.25) is 0 Å². The van der Waals surface area contributed by atoms with Crippen LogP contribution in [-0.4, -0.2) is 23.7 Å². The first-order valence-electron chi connectivity index (χ1n) is 6.87. The topological polar surface area (TPSA) is 78.4 Å². The maximum absolute atomic E-state index is 11.6. The maximum atomic E-state index is 11.6. The van der Waals surface area contributed by atoms with Gasteiger partial charge in [-0.1, -0.05) is 26.7 Å². The molecule has 3 N–H and O–H groups in total. The van der Waals surface area contributed by atoms with Crippen molar-refractivity contribution in [2.45, 2.75) is 33.1 Å². The Labute approximate surface area is 119 Å². The standard InChI is InChI=1S/C15H22N2O3/c1-11(2)5-3-4-10-16-15(20)17-13-8-6-12(7-9-13)14(18)19/h6-9,11H,3-5,10H2,1-2H3,(H,18,19)(H2,16,17,20). The van der Waals surface area contributed by atoms with Crippen LogP contribution in [0.3, 0.4) is 0 Å². The average molecular weight is 278 g/mol. The SMILES string of the molecule is CC(C)CCCCNC(=O)Nc1ccc(C(=O)O)cc1. The molecule has 0 fully saturated rings. The van der Waals surface area contributed by atoms with Gasteiger partial charge in [0.25, 0.3) is 0 Å². The lowest BCUT2D eigenvalue weighted by Crippen LogP contribution is -2.29. The first-order chi connectivity index (χ1) is 9.49. The smallest absolute Gasteiger partial charge is 0.335 e. The van der Waals surface area contributed by atoms with Crippen LogP contribution in [0, 0.1) is 5.92 Å². The molecule has 1 rings (SSSR count). The molecule has 20 heavy (non-hydrogen) atoms. The fourth-order valence-corrected chi connectivity index (χ4v) is 1.75. The van der Waals surface area contributed by atoms with Crippen LogP contribution in [0.2, 0.25) is 0 Å². The zero-order valence-electron chi connectivity index (χ0n) is 12.0. The molecule has 2 amide bonds. The minimum atomic E-state index is -0.980. The van der Waals surface area contributed by atoms with Crippen LogP contribution in [0.1, 0.15) is 43.5 Å². The monoisotopic (exact) mass is 278 g/mol. The second-order valence-corrected chi connectivity index (χ2v) is 5.15. The van der Waals surface area contributed by atoms with Gasteiger partial charge in [-0.2, -0.15) is 0 Å².